The molecule has 2 saturated heterocycles. The zero-order valence-electron chi connectivity index (χ0n) is 23.4. The number of cyclic esters (lactones) is 1. The van der Waals surface area contributed by atoms with Crippen LogP contribution in [-0.2, 0) is 16.0 Å². The number of carbonyl (C=O) groups excluding carboxylic acids is 2. The molecule has 0 saturated carbocycles. The predicted octanol–water partition coefficient (Wildman–Crippen LogP) is 6.68. The average molecular weight is 566 g/mol. The van der Waals surface area contributed by atoms with Gasteiger partial charge in [-0.2, -0.15) is 0 Å². The summed E-state index contributed by atoms with van der Waals surface area (Å²) in [7, 11) is 0. The summed E-state index contributed by atoms with van der Waals surface area (Å²) in [5, 5.41) is 1.13. The van der Waals surface area contributed by atoms with E-state index in [2.05, 4.69) is 21.7 Å². The van der Waals surface area contributed by atoms with Crippen LogP contribution in [0, 0.1) is 5.82 Å². The molecule has 214 valence electrons. The normalized spacial score (nSPS) is 16.8. The molecule has 3 aromatic carbocycles. The Balaban J connectivity index is 1.29. The van der Waals surface area contributed by atoms with Crippen molar-refractivity contribution in [2.75, 3.05) is 32.9 Å². The molecule has 0 aliphatic carbocycles. The molecular formula is C34H32FN3O4. The maximum atomic E-state index is 14.0. The molecule has 0 spiro atoms. The number of Topliss-reactive ketones (excluding diaryl/α,β-unsaturated/α-hetero) is 1. The molecule has 0 unspecified atom stereocenters. The van der Waals surface area contributed by atoms with E-state index in [0.717, 1.165) is 46.1 Å². The van der Waals surface area contributed by atoms with Crippen LogP contribution in [0.15, 0.2) is 65.7 Å². The van der Waals surface area contributed by atoms with Gasteiger partial charge < -0.3 is 18.9 Å². The lowest BCUT2D eigenvalue weighted by Crippen LogP contribution is -2.25. The van der Waals surface area contributed by atoms with Crippen molar-refractivity contribution in [3.63, 3.8) is 0 Å². The molecule has 7 nitrogen and oxygen atoms in total. The Morgan fingerprint density at radius 3 is 2.52 bits per heavy atom. The summed E-state index contributed by atoms with van der Waals surface area (Å²) in [6.07, 6.45) is 4.38. The first kappa shape index (κ1) is 26.6. The van der Waals surface area contributed by atoms with E-state index in [9.17, 15) is 14.0 Å². The van der Waals surface area contributed by atoms with E-state index in [1.165, 1.54) is 23.4 Å². The number of aliphatic imine (C=N–C) groups is 1. The fourth-order valence-corrected chi connectivity index (χ4v) is 6.47. The molecule has 0 N–H and O–H groups in total. The number of rotatable bonds is 8. The van der Waals surface area contributed by atoms with Crippen LogP contribution >= 0.6 is 0 Å². The number of halogens is 1. The second kappa shape index (κ2) is 11.2. The molecular weight excluding hydrogens is 533 g/mol. The Morgan fingerprint density at radius 2 is 1.79 bits per heavy atom. The first-order valence-corrected chi connectivity index (χ1v) is 14.7. The smallest absolute Gasteiger partial charge is 0.409 e. The predicted molar refractivity (Wildman–Crippen MR) is 159 cm³/mol. The quantitative estimate of drug-likeness (QED) is 0.224. The minimum atomic E-state index is -0.302. The van der Waals surface area contributed by atoms with Crippen LogP contribution < -0.4 is 0 Å². The topological polar surface area (TPSA) is 73.1 Å². The second-order valence-corrected chi connectivity index (χ2v) is 11.2. The maximum absolute atomic E-state index is 14.0. The maximum Gasteiger partial charge on any atom is 0.409 e. The highest BCUT2D eigenvalue weighted by Gasteiger charge is 2.29. The summed E-state index contributed by atoms with van der Waals surface area (Å²) in [5.41, 5.74) is 8.30. The van der Waals surface area contributed by atoms with Crippen molar-refractivity contribution in [2.45, 2.75) is 38.1 Å². The summed E-state index contributed by atoms with van der Waals surface area (Å²) >= 11 is 0. The van der Waals surface area contributed by atoms with Crippen molar-refractivity contribution in [3.05, 3.63) is 88.9 Å². The van der Waals surface area contributed by atoms with Crippen LogP contribution in [0.3, 0.4) is 0 Å². The van der Waals surface area contributed by atoms with Crippen molar-refractivity contribution in [1.82, 2.24) is 9.47 Å². The molecule has 4 aromatic rings. The molecule has 2 fully saturated rings. The number of amides is 1. The van der Waals surface area contributed by atoms with Crippen LogP contribution in [0.1, 0.15) is 58.8 Å². The highest BCUT2D eigenvalue weighted by atomic mass is 19.1. The summed E-state index contributed by atoms with van der Waals surface area (Å²) in [6, 6.07) is 19.1. The number of ether oxygens (including phenoxy) is 2. The molecule has 1 amide bonds. The minimum absolute atomic E-state index is 0.0578. The molecule has 3 aliphatic rings. The van der Waals surface area contributed by atoms with Gasteiger partial charge in [-0.1, -0.05) is 24.3 Å². The van der Waals surface area contributed by atoms with Crippen molar-refractivity contribution in [1.29, 1.82) is 0 Å². The monoisotopic (exact) mass is 565 g/mol. The Bertz CT molecular complexity index is 1690. The third-order valence-corrected chi connectivity index (χ3v) is 8.62. The SMILES string of the molecule is O=C(CCCN1CCOC1=O)c1ccc(-c2c(C3CCOCC3)n(-c3ccc(F)cc3)c3cc4c(cc23)CN=C4)cc1. The average Bonchev–Trinajstić information content (AvgIpc) is 3.74. The van der Waals surface area contributed by atoms with Gasteiger partial charge in [-0.25, -0.2) is 9.18 Å². The van der Waals surface area contributed by atoms with E-state index in [0.29, 0.717) is 57.9 Å². The summed E-state index contributed by atoms with van der Waals surface area (Å²) in [6.45, 7) is 3.56. The molecule has 0 radical (unpaired) electrons. The third-order valence-electron chi connectivity index (χ3n) is 8.62. The molecule has 0 atom stereocenters. The summed E-state index contributed by atoms with van der Waals surface area (Å²) in [5.74, 6) is 0.0486. The van der Waals surface area contributed by atoms with Gasteiger partial charge in [0.15, 0.2) is 5.78 Å². The van der Waals surface area contributed by atoms with E-state index in [4.69, 9.17) is 9.47 Å². The van der Waals surface area contributed by atoms with E-state index < -0.39 is 0 Å². The molecule has 4 heterocycles. The molecule has 3 aliphatic heterocycles. The van der Waals surface area contributed by atoms with Crippen LogP contribution in [0.25, 0.3) is 27.7 Å². The summed E-state index contributed by atoms with van der Waals surface area (Å²) < 4.78 is 27.0. The lowest BCUT2D eigenvalue weighted by Gasteiger charge is -2.26. The Labute approximate surface area is 243 Å². The van der Waals surface area contributed by atoms with E-state index in [1.54, 1.807) is 4.90 Å². The fourth-order valence-electron chi connectivity index (χ4n) is 6.47. The zero-order chi connectivity index (χ0) is 28.6. The van der Waals surface area contributed by atoms with Gasteiger partial charge in [0, 0.05) is 66.2 Å². The molecule has 1 aromatic heterocycles. The number of hydrogen-bond acceptors (Lipinski definition) is 5. The number of carbonyl (C=O) groups is 2. The highest BCUT2D eigenvalue weighted by molar-refractivity contribution is 6.04. The lowest BCUT2D eigenvalue weighted by atomic mass is 9.89. The number of fused-ring (bicyclic) bond motifs is 2. The standard InChI is InChI=1S/C34H32FN3O4/c35-27-7-9-28(10-8-27)38-30-19-26-21-36-20-25(26)18-29(30)32(33(38)24-11-15-41-16-12-24)23-5-3-22(4-6-23)31(39)2-1-13-37-14-17-42-34(37)40/h3-10,18-19,21,24H,1-2,11-17,20H2. The van der Waals surface area contributed by atoms with Gasteiger partial charge in [-0.3, -0.25) is 9.79 Å². The third kappa shape index (κ3) is 4.90. The number of ketones is 1. The molecule has 8 heteroatoms. The fraction of sp³-hybridized carbons (Fsp3) is 0.324. The number of aromatic nitrogens is 1. The minimum Gasteiger partial charge on any atom is -0.448 e. The first-order valence-electron chi connectivity index (χ1n) is 14.7. The van der Waals surface area contributed by atoms with Gasteiger partial charge in [-0.05, 0) is 72.4 Å². The van der Waals surface area contributed by atoms with Crippen LogP contribution in [0.2, 0.25) is 0 Å². The van der Waals surface area contributed by atoms with Crippen LogP contribution in [0.4, 0.5) is 9.18 Å². The number of nitrogens with zero attached hydrogens (tertiary/aromatic N) is 3. The van der Waals surface area contributed by atoms with E-state index >= 15 is 0 Å². The number of hydrogen-bond donors (Lipinski definition) is 0. The van der Waals surface area contributed by atoms with Crippen LogP contribution in [0.5, 0.6) is 0 Å². The first-order chi connectivity index (χ1) is 20.6. The Kier molecular flexibility index (Phi) is 7.07. The van der Waals surface area contributed by atoms with Crippen molar-refractivity contribution >= 4 is 29.0 Å². The highest BCUT2D eigenvalue weighted by Crippen LogP contribution is 2.44. The van der Waals surface area contributed by atoms with Crippen LogP contribution in [-0.4, -0.2) is 60.5 Å². The van der Waals surface area contributed by atoms with Gasteiger partial charge >= 0.3 is 6.09 Å². The van der Waals surface area contributed by atoms with Gasteiger partial charge in [0.05, 0.1) is 18.6 Å². The van der Waals surface area contributed by atoms with Crippen molar-refractivity contribution < 1.29 is 23.5 Å². The van der Waals surface area contributed by atoms with Gasteiger partial charge in [0.1, 0.15) is 12.4 Å². The Hall–Kier alpha value is -4.30. The van der Waals surface area contributed by atoms with Gasteiger partial charge in [0.2, 0.25) is 0 Å². The lowest BCUT2D eigenvalue weighted by molar-refractivity contribution is 0.0843. The van der Waals surface area contributed by atoms with Crippen molar-refractivity contribution in [2.24, 2.45) is 4.99 Å². The molecule has 0 bridgehead atoms. The molecule has 7 rings (SSSR count). The molecule has 42 heavy (non-hydrogen) atoms. The van der Waals surface area contributed by atoms with Crippen molar-refractivity contribution in [3.8, 4) is 16.8 Å². The van der Waals surface area contributed by atoms with Gasteiger partial charge in [0.25, 0.3) is 0 Å². The van der Waals surface area contributed by atoms with E-state index in [1.807, 2.05) is 42.6 Å². The van der Waals surface area contributed by atoms with E-state index in [-0.39, 0.29) is 23.6 Å². The number of benzene rings is 3. The summed E-state index contributed by atoms with van der Waals surface area (Å²) in [4.78, 5) is 30.9. The Morgan fingerprint density at radius 1 is 1.00 bits per heavy atom. The second-order valence-electron chi connectivity index (χ2n) is 11.2. The largest absolute Gasteiger partial charge is 0.448 e. The van der Waals surface area contributed by atoms with Gasteiger partial charge in [-0.15, -0.1) is 0 Å². The zero-order valence-corrected chi connectivity index (χ0v) is 23.4.